The van der Waals surface area contributed by atoms with Gasteiger partial charge >= 0.3 is 0 Å². The molecule has 3 rings (SSSR count). The standard InChI is InChI=1S/C17H25N5O/c1-11(2)22-16-14(10-20-22)13(9-15(21-16)12-5-6-12)17(23)19-8-4-7-18-3/h9-12,18H,4-8H2,1-3H3,(H,19,23). The fraction of sp³-hybridized carbons (Fsp3) is 0.588. The van der Waals surface area contributed by atoms with Crippen molar-refractivity contribution < 1.29 is 4.79 Å². The number of fused-ring (bicyclic) bond motifs is 1. The number of rotatable bonds is 7. The van der Waals surface area contributed by atoms with E-state index >= 15 is 0 Å². The molecule has 0 aliphatic heterocycles. The zero-order chi connectivity index (χ0) is 16.4. The Bertz CT molecular complexity index is 702. The number of hydrogen-bond donors (Lipinski definition) is 2. The predicted octanol–water partition coefficient (Wildman–Crippen LogP) is 2.23. The fourth-order valence-electron chi connectivity index (χ4n) is 2.75. The van der Waals surface area contributed by atoms with Gasteiger partial charge in [0.1, 0.15) is 0 Å². The van der Waals surface area contributed by atoms with E-state index in [4.69, 9.17) is 4.98 Å². The Balaban J connectivity index is 1.93. The highest BCUT2D eigenvalue weighted by molar-refractivity contribution is 6.05. The van der Waals surface area contributed by atoms with Crippen molar-refractivity contribution in [3.63, 3.8) is 0 Å². The average molecular weight is 315 g/mol. The van der Waals surface area contributed by atoms with Gasteiger partial charge in [-0.1, -0.05) is 0 Å². The molecular weight excluding hydrogens is 290 g/mol. The van der Waals surface area contributed by atoms with Gasteiger partial charge in [0.2, 0.25) is 0 Å². The largest absolute Gasteiger partial charge is 0.352 e. The van der Waals surface area contributed by atoms with E-state index in [1.165, 1.54) is 0 Å². The Kier molecular flexibility index (Phi) is 4.61. The van der Waals surface area contributed by atoms with E-state index in [0.29, 0.717) is 18.0 Å². The molecule has 6 heteroatoms. The van der Waals surface area contributed by atoms with Crippen LogP contribution in [0.4, 0.5) is 0 Å². The smallest absolute Gasteiger partial charge is 0.252 e. The van der Waals surface area contributed by atoms with Crippen LogP contribution in [0, 0.1) is 0 Å². The summed E-state index contributed by atoms with van der Waals surface area (Å²) in [4.78, 5) is 17.4. The molecule has 2 aromatic rings. The maximum absolute atomic E-state index is 12.6. The van der Waals surface area contributed by atoms with E-state index in [-0.39, 0.29) is 11.9 Å². The molecule has 2 heterocycles. The summed E-state index contributed by atoms with van der Waals surface area (Å²) >= 11 is 0. The summed E-state index contributed by atoms with van der Waals surface area (Å²) in [7, 11) is 1.91. The Morgan fingerprint density at radius 2 is 2.17 bits per heavy atom. The first kappa shape index (κ1) is 15.9. The summed E-state index contributed by atoms with van der Waals surface area (Å²) in [6.07, 6.45) is 5.01. The molecule has 0 unspecified atom stereocenters. The van der Waals surface area contributed by atoms with Crippen LogP contribution in [0.25, 0.3) is 11.0 Å². The van der Waals surface area contributed by atoms with Gasteiger partial charge in [-0.3, -0.25) is 4.79 Å². The zero-order valence-electron chi connectivity index (χ0n) is 14.1. The Morgan fingerprint density at radius 3 is 2.83 bits per heavy atom. The number of carbonyl (C=O) groups is 1. The number of nitrogens with zero attached hydrogens (tertiary/aromatic N) is 3. The van der Waals surface area contributed by atoms with Crippen molar-refractivity contribution in [1.82, 2.24) is 25.4 Å². The highest BCUT2D eigenvalue weighted by Gasteiger charge is 2.28. The van der Waals surface area contributed by atoms with Crippen LogP contribution in [0.1, 0.15) is 61.1 Å². The monoisotopic (exact) mass is 315 g/mol. The molecule has 1 amide bonds. The summed E-state index contributed by atoms with van der Waals surface area (Å²) in [6, 6.07) is 2.18. The van der Waals surface area contributed by atoms with E-state index in [2.05, 4.69) is 29.6 Å². The molecule has 23 heavy (non-hydrogen) atoms. The second kappa shape index (κ2) is 6.66. The van der Waals surface area contributed by atoms with Crippen LogP contribution in [0.3, 0.4) is 0 Å². The molecule has 0 bridgehead atoms. The summed E-state index contributed by atoms with van der Waals surface area (Å²) in [5.41, 5.74) is 2.55. The number of carbonyl (C=O) groups excluding carboxylic acids is 1. The average Bonchev–Trinajstić information content (AvgIpc) is 3.29. The van der Waals surface area contributed by atoms with Crippen molar-refractivity contribution in [2.75, 3.05) is 20.1 Å². The quantitative estimate of drug-likeness (QED) is 0.769. The number of hydrogen-bond acceptors (Lipinski definition) is 4. The van der Waals surface area contributed by atoms with Crippen LogP contribution in [-0.2, 0) is 0 Å². The molecule has 1 fully saturated rings. The molecule has 0 spiro atoms. The van der Waals surface area contributed by atoms with Gasteiger partial charge in [-0.15, -0.1) is 0 Å². The van der Waals surface area contributed by atoms with E-state index < -0.39 is 0 Å². The van der Waals surface area contributed by atoms with Crippen LogP contribution >= 0.6 is 0 Å². The second-order valence-electron chi connectivity index (χ2n) is 6.50. The molecule has 6 nitrogen and oxygen atoms in total. The molecule has 0 radical (unpaired) electrons. The maximum Gasteiger partial charge on any atom is 0.252 e. The molecule has 124 valence electrons. The van der Waals surface area contributed by atoms with Gasteiger partial charge in [-0.05, 0) is 52.8 Å². The number of pyridine rings is 1. The Hall–Kier alpha value is -1.95. The molecule has 0 atom stereocenters. The maximum atomic E-state index is 12.6. The SMILES string of the molecule is CNCCCNC(=O)c1cc(C2CC2)nc2c1cnn2C(C)C. The van der Waals surface area contributed by atoms with Crippen LogP contribution < -0.4 is 10.6 Å². The first-order chi connectivity index (χ1) is 11.1. The third kappa shape index (κ3) is 3.37. The summed E-state index contributed by atoms with van der Waals surface area (Å²) < 4.78 is 1.90. The highest BCUT2D eigenvalue weighted by atomic mass is 16.1. The van der Waals surface area contributed by atoms with Crippen molar-refractivity contribution in [2.45, 2.75) is 45.1 Å². The lowest BCUT2D eigenvalue weighted by Crippen LogP contribution is -2.27. The first-order valence-electron chi connectivity index (χ1n) is 8.42. The van der Waals surface area contributed by atoms with Crippen molar-refractivity contribution in [2.24, 2.45) is 0 Å². The van der Waals surface area contributed by atoms with E-state index in [9.17, 15) is 4.79 Å². The van der Waals surface area contributed by atoms with Gasteiger partial charge in [-0.25, -0.2) is 9.67 Å². The van der Waals surface area contributed by atoms with E-state index in [1.54, 1.807) is 6.20 Å². The van der Waals surface area contributed by atoms with Crippen LogP contribution in [0.2, 0.25) is 0 Å². The van der Waals surface area contributed by atoms with Crippen molar-refractivity contribution >= 4 is 16.9 Å². The van der Waals surface area contributed by atoms with Gasteiger partial charge < -0.3 is 10.6 Å². The van der Waals surface area contributed by atoms with Gasteiger partial charge in [0, 0.05) is 24.2 Å². The molecular formula is C17H25N5O. The lowest BCUT2D eigenvalue weighted by molar-refractivity contribution is 0.0954. The zero-order valence-corrected chi connectivity index (χ0v) is 14.1. The second-order valence-corrected chi connectivity index (χ2v) is 6.50. The third-order valence-corrected chi connectivity index (χ3v) is 4.21. The molecule has 1 aliphatic rings. The Morgan fingerprint density at radius 1 is 1.39 bits per heavy atom. The normalized spacial score (nSPS) is 14.6. The van der Waals surface area contributed by atoms with Gasteiger partial charge in [0.15, 0.2) is 5.65 Å². The van der Waals surface area contributed by atoms with Crippen molar-refractivity contribution in [3.8, 4) is 0 Å². The number of amides is 1. The summed E-state index contributed by atoms with van der Waals surface area (Å²) in [6.45, 7) is 5.72. The molecule has 0 saturated heterocycles. The lowest BCUT2D eigenvalue weighted by atomic mass is 10.1. The Labute approximate surface area is 136 Å². The predicted molar refractivity (Wildman–Crippen MR) is 90.8 cm³/mol. The molecule has 1 aliphatic carbocycles. The minimum Gasteiger partial charge on any atom is -0.352 e. The molecule has 1 saturated carbocycles. The van der Waals surface area contributed by atoms with Crippen LogP contribution in [0.15, 0.2) is 12.3 Å². The van der Waals surface area contributed by atoms with Crippen LogP contribution in [-0.4, -0.2) is 40.8 Å². The summed E-state index contributed by atoms with van der Waals surface area (Å²) in [5.74, 6) is 0.476. The third-order valence-electron chi connectivity index (χ3n) is 4.21. The van der Waals surface area contributed by atoms with Crippen molar-refractivity contribution in [3.05, 3.63) is 23.5 Å². The minimum atomic E-state index is -0.0290. The van der Waals surface area contributed by atoms with Gasteiger partial charge in [0.25, 0.3) is 5.91 Å². The van der Waals surface area contributed by atoms with Gasteiger partial charge in [-0.2, -0.15) is 5.10 Å². The molecule has 2 aromatic heterocycles. The fourth-order valence-corrected chi connectivity index (χ4v) is 2.75. The highest BCUT2D eigenvalue weighted by Crippen LogP contribution is 2.40. The molecule has 0 aromatic carbocycles. The van der Waals surface area contributed by atoms with E-state index in [0.717, 1.165) is 42.5 Å². The summed E-state index contributed by atoms with van der Waals surface area (Å²) in [5, 5.41) is 11.4. The first-order valence-corrected chi connectivity index (χ1v) is 8.42. The van der Waals surface area contributed by atoms with E-state index in [1.807, 2.05) is 17.8 Å². The minimum absolute atomic E-state index is 0.0290. The number of aromatic nitrogens is 3. The number of nitrogens with one attached hydrogen (secondary N) is 2. The van der Waals surface area contributed by atoms with Crippen molar-refractivity contribution in [1.29, 1.82) is 0 Å². The topological polar surface area (TPSA) is 71.8 Å². The lowest BCUT2D eigenvalue weighted by Gasteiger charge is -2.10. The molecule has 2 N–H and O–H groups in total. The van der Waals surface area contributed by atoms with Gasteiger partial charge in [0.05, 0.1) is 17.1 Å². The van der Waals surface area contributed by atoms with Crippen LogP contribution in [0.5, 0.6) is 0 Å².